The highest BCUT2D eigenvalue weighted by Crippen LogP contribution is 2.12. The third-order valence-electron chi connectivity index (χ3n) is 4.65. The first kappa shape index (κ1) is 33.8. The summed E-state index contributed by atoms with van der Waals surface area (Å²) < 4.78 is 0.578. The smallest absolute Gasteiger partial charge is 0.306 e. The van der Waals surface area contributed by atoms with Gasteiger partial charge in [-0.2, -0.15) is 0 Å². The van der Waals surface area contributed by atoms with Crippen molar-refractivity contribution in [3.8, 4) is 0 Å². The van der Waals surface area contributed by atoms with Crippen molar-refractivity contribution in [2.45, 2.75) is 109 Å². The fourth-order valence-electron chi connectivity index (χ4n) is 3.19. The van der Waals surface area contributed by atoms with Gasteiger partial charge in [0.05, 0.1) is 27.6 Å². The third-order valence-corrected chi connectivity index (χ3v) is 4.65. The first-order chi connectivity index (χ1) is 13.6. The lowest BCUT2D eigenvalue weighted by Gasteiger charge is -2.25. The molecule has 0 aromatic heterocycles. The Balaban J connectivity index is -0.000000525. The van der Waals surface area contributed by atoms with E-state index in [0.29, 0.717) is 11.0 Å². The van der Waals surface area contributed by atoms with Gasteiger partial charge >= 0.3 is 5.97 Å². The minimum Gasteiger partial charge on any atom is -0.550 e. The number of aliphatic carboxylic acids is 2. The van der Waals surface area contributed by atoms with Crippen molar-refractivity contribution in [3.63, 3.8) is 0 Å². The molecule has 6 nitrogen and oxygen atoms in total. The van der Waals surface area contributed by atoms with Gasteiger partial charge in [0.1, 0.15) is 12.6 Å². The number of aliphatic hydroxyl groups excluding tert-OH is 1. The molecule has 0 amide bonds. The maximum absolute atomic E-state index is 10.2. The molecule has 0 fully saturated rings. The lowest BCUT2D eigenvalue weighted by atomic mass is 10.0. The van der Waals surface area contributed by atoms with E-state index in [1.807, 2.05) is 21.1 Å². The molecule has 2 N–H and O–H groups in total. The van der Waals surface area contributed by atoms with E-state index in [-0.39, 0.29) is 25.2 Å². The number of quaternary nitrogens is 1. The Kier molecular flexibility index (Phi) is 25.7. The predicted molar refractivity (Wildman–Crippen MR) is 124 cm³/mol. The Hall–Kier alpha value is -0.850. The first-order valence-corrected chi connectivity index (χ1v) is 11.5. The molecule has 7 heteroatoms. The Bertz CT molecular complexity index is 400. The average Bonchev–Trinajstić information content (AvgIpc) is 2.57. The predicted octanol–water partition coefficient (Wildman–Crippen LogP) is 4.17. The van der Waals surface area contributed by atoms with Crippen LogP contribution in [0.2, 0.25) is 0 Å². The molecule has 0 heterocycles. The second-order valence-electron chi connectivity index (χ2n) is 9.09. The molecule has 1 unspecified atom stereocenters. The summed E-state index contributed by atoms with van der Waals surface area (Å²) in [4.78, 5) is 20.3. The minimum absolute atomic E-state index is 0. The Morgan fingerprint density at radius 3 is 1.47 bits per heavy atom. The van der Waals surface area contributed by atoms with Crippen LogP contribution in [-0.2, 0) is 9.59 Å². The quantitative estimate of drug-likeness (QED) is 0.240. The van der Waals surface area contributed by atoms with Gasteiger partial charge in [-0.15, -0.1) is 12.4 Å². The van der Waals surface area contributed by atoms with E-state index in [0.717, 1.165) is 12.8 Å². The van der Waals surface area contributed by atoms with Gasteiger partial charge in [-0.1, -0.05) is 84.0 Å². The van der Waals surface area contributed by atoms with Gasteiger partial charge in [-0.05, 0) is 12.8 Å². The standard InChI is InChI=1S/C16H32O2.C7H15NO3.ClH/c1-2-3-4-5-6-7-8-9-10-11-12-13-14-15-16(17)18;1-8(2,3)5-6(9)4-7(10)11;/h2-15H2,1H3,(H,17,18);6,9H,4-5H2,1-3H3;1H. The molecule has 0 spiro atoms. The molecular formula is C23H48ClNO5. The molecule has 0 aliphatic rings. The Labute approximate surface area is 191 Å². The number of hydrogen-bond acceptors (Lipinski definition) is 4. The molecule has 1 atom stereocenters. The maximum Gasteiger partial charge on any atom is 0.306 e. The minimum atomic E-state index is -0.953. The molecule has 0 rings (SSSR count). The number of carbonyl (C=O) groups excluding carboxylic acids is 1. The van der Waals surface area contributed by atoms with Gasteiger partial charge in [0, 0.05) is 5.97 Å². The van der Waals surface area contributed by atoms with Crippen molar-refractivity contribution in [3.05, 3.63) is 0 Å². The Morgan fingerprint density at radius 2 is 1.17 bits per heavy atom. The number of likely N-dealkylation sites (N-methyl/N-ethyl adjacent to an activating group) is 1. The summed E-state index contributed by atoms with van der Waals surface area (Å²) in [7, 11) is 5.72. The zero-order chi connectivity index (χ0) is 22.5. The summed E-state index contributed by atoms with van der Waals surface area (Å²) in [6.45, 7) is 2.72. The fraction of sp³-hybridized carbons (Fsp3) is 0.913. The van der Waals surface area contributed by atoms with Gasteiger partial charge in [0.2, 0.25) is 0 Å². The molecule has 182 valence electrons. The van der Waals surface area contributed by atoms with E-state index >= 15 is 0 Å². The van der Waals surface area contributed by atoms with E-state index in [4.69, 9.17) is 10.2 Å². The highest BCUT2D eigenvalue weighted by molar-refractivity contribution is 5.85. The van der Waals surface area contributed by atoms with Crippen molar-refractivity contribution in [1.82, 2.24) is 0 Å². The maximum atomic E-state index is 10.2. The van der Waals surface area contributed by atoms with E-state index < -0.39 is 18.0 Å². The molecule has 0 radical (unpaired) electrons. The summed E-state index contributed by atoms with van der Waals surface area (Å²) in [6, 6.07) is 0. The first-order valence-electron chi connectivity index (χ1n) is 11.5. The van der Waals surface area contributed by atoms with Crippen LogP contribution < -0.4 is 5.11 Å². The summed E-state index contributed by atoms with van der Waals surface area (Å²) >= 11 is 0. The molecule has 0 saturated carbocycles. The largest absolute Gasteiger partial charge is 0.550 e. The van der Waals surface area contributed by atoms with Gasteiger partial charge < -0.3 is 24.6 Å². The average molecular weight is 454 g/mol. The van der Waals surface area contributed by atoms with E-state index in [1.165, 1.54) is 70.6 Å². The van der Waals surface area contributed by atoms with Crippen LogP contribution in [0.4, 0.5) is 0 Å². The summed E-state index contributed by atoms with van der Waals surface area (Å²) in [5.41, 5.74) is 0. The second-order valence-corrected chi connectivity index (χ2v) is 9.09. The molecule has 0 aliphatic carbocycles. The molecule has 0 aromatic rings. The number of aliphatic hydroxyl groups is 1. The molecule has 0 saturated heterocycles. The number of carboxylic acids is 2. The van der Waals surface area contributed by atoms with Crippen molar-refractivity contribution in [1.29, 1.82) is 0 Å². The molecule has 30 heavy (non-hydrogen) atoms. The third kappa shape index (κ3) is 34.6. The molecular weight excluding hydrogens is 406 g/mol. The van der Waals surface area contributed by atoms with E-state index in [9.17, 15) is 14.7 Å². The molecule has 0 aromatic carbocycles. The van der Waals surface area contributed by atoms with Crippen molar-refractivity contribution in [2.75, 3.05) is 27.7 Å². The van der Waals surface area contributed by atoms with Crippen LogP contribution in [0.1, 0.15) is 103 Å². The van der Waals surface area contributed by atoms with Gasteiger partial charge in [-0.3, -0.25) is 4.79 Å². The number of hydrogen-bond donors (Lipinski definition) is 2. The zero-order valence-electron chi connectivity index (χ0n) is 19.9. The van der Waals surface area contributed by atoms with Gasteiger partial charge in [-0.25, -0.2) is 0 Å². The van der Waals surface area contributed by atoms with Crippen molar-refractivity contribution in [2.24, 2.45) is 0 Å². The highest BCUT2D eigenvalue weighted by atomic mass is 35.5. The Morgan fingerprint density at radius 1 is 0.800 bits per heavy atom. The van der Waals surface area contributed by atoms with Crippen molar-refractivity contribution < 1.29 is 29.4 Å². The normalized spacial score (nSPS) is 11.8. The van der Waals surface area contributed by atoms with Crippen LogP contribution in [-0.4, -0.2) is 60.4 Å². The van der Waals surface area contributed by atoms with Crippen molar-refractivity contribution >= 4 is 24.3 Å². The number of carboxylic acid groups (broad SMARTS) is 2. The fourth-order valence-corrected chi connectivity index (χ4v) is 3.19. The number of rotatable bonds is 18. The van der Waals surface area contributed by atoms with Crippen LogP contribution in [0, 0.1) is 0 Å². The van der Waals surface area contributed by atoms with Gasteiger partial charge in [0.25, 0.3) is 0 Å². The summed E-state index contributed by atoms with van der Waals surface area (Å²) in [6.07, 6.45) is 16.0. The highest BCUT2D eigenvalue weighted by Gasteiger charge is 2.17. The van der Waals surface area contributed by atoms with E-state index in [1.54, 1.807) is 0 Å². The lowest BCUT2D eigenvalue weighted by molar-refractivity contribution is -0.873. The number of carbonyl (C=O) groups is 2. The van der Waals surface area contributed by atoms with Crippen LogP contribution in [0.15, 0.2) is 0 Å². The number of halogens is 1. The number of unbranched alkanes of at least 4 members (excludes halogenated alkanes) is 12. The number of nitrogens with zero attached hydrogens (tertiary/aromatic N) is 1. The SMILES string of the molecule is CCCCCCCCCCCCCCCC(=O)[O-].C[N+](C)(C)CC(O)CC(=O)O.Cl. The summed E-state index contributed by atoms with van der Waals surface area (Å²) in [5.74, 6) is -1.86. The summed E-state index contributed by atoms with van der Waals surface area (Å²) in [5, 5.41) is 27.7. The zero-order valence-corrected chi connectivity index (χ0v) is 20.7. The van der Waals surface area contributed by atoms with Crippen LogP contribution in [0.25, 0.3) is 0 Å². The molecule has 0 bridgehead atoms. The van der Waals surface area contributed by atoms with Gasteiger partial charge in [0.15, 0.2) is 0 Å². The van der Waals surface area contributed by atoms with E-state index in [2.05, 4.69) is 6.92 Å². The topological polar surface area (TPSA) is 97.7 Å². The monoisotopic (exact) mass is 453 g/mol. The van der Waals surface area contributed by atoms with Crippen LogP contribution >= 0.6 is 12.4 Å². The van der Waals surface area contributed by atoms with Crippen LogP contribution in [0.5, 0.6) is 0 Å². The molecule has 0 aliphatic heterocycles. The second kappa shape index (κ2) is 22.8. The lowest BCUT2D eigenvalue weighted by Crippen LogP contribution is -2.42. The van der Waals surface area contributed by atoms with Crippen LogP contribution in [0.3, 0.4) is 0 Å².